The molecule has 1 atom stereocenters. The van der Waals surface area contributed by atoms with E-state index in [0.29, 0.717) is 0 Å². The Hall–Kier alpha value is 2.02. The van der Waals surface area contributed by atoms with Crippen LogP contribution in [0.4, 0.5) is 0 Å². The lowest BCUT2D eigenvalue weighted by molar-refractivity contribution is -0.153. The molecule has 0 heterocycles. The van der Waals surface area contributed by atoms with Gasteiger partial charge in [-0.25, -0.2) is 0 Å². The molecular weight excluding hydrogens is 228 g/mol. The fourth-order valence-corrected chi connectivity index (χ4v) is 4.16. The van der Waals surface area contributed by atoms with Gasteiger partial charge in [0.25, 0.3) is 6.63 Å². The van der Waals surface area contributed by atoms with Crippen LogP contribution in [0, 0.1) is 11.2 Å². The second-order valence-electron chi connectivity index (χ2n) is 1.07. The molecule has 0 rings (SSSR count). The number of halogens is 4. The Balaban J connectivity index is 2.93. The van der Waals surface area contributed by atoms with Crippen LogP contribution >= 0.6 is 47.0 Å². The summed E-state index contributed by atoms with van der Waals surface area (Å²) in [5, 5.41) is 0. The van der Waals surface area contributed by atoms with E-state index < -0.39 is 13.3 Å². The van der Waals surface area contributed by atoms with Gasteiger partial charge in [-0.05, 0) is 11.2 Å². The molecule has 0 aromatic heterocycles. The van der Waals surface area contributed by atoms with E-state index in [2.05, 4.69) is 0 Å². The van der Waals surface area contributed by atoms with Crippen molar-refractivity contribution in [3.63, 3.8) is 0 Å². The van der Waals surface area contributed by atoms with Gasteiger partial charge in [-0.15, -0.1) is 0 Å². The van der Waals surface area contributed by atoms with E-state index in [1.54, 1.807) is 0 Å². The number of hydrogen-bond donors (Lipinski definition) is 0. The zero-order valence-electron chi connectivity index (χ0n) is 3.85. The summed E-state index contributed by atoms with van der Waals surface area (Å²) in [5.41, 5.74) is 0. The van der Waals surface area contributed by atoms with E-state index in [0.717, 1.165) is 12.3 Å². The summed E-state index contributed by atoms with van der Waals surface area (Å²) < 4.78 is 0. The molecule has 0 bridgehead atoms. The third kappa shape index (κ3) is 8.02. The van der Waals surface area contributed by atoms with E-state index in [9.17, 15) is 0 Å². The molecule has 6 heteroatoms. The Morgan fingerprint density at radius 1 is 1.12 bits per heavy atom. The van der Waals surface area contributed by atoms with Gasteiger partial charge < -0.3 is 0 Å². The first kappa shape index (κ1) is 10.0. The zero-order valence-corrected chi connectivity index (χ0v) is 8.72. The Kier molecular flexibility index (Phi) is 7.24. The van der Waals surface area contributed by atoms with Gasteiger partial charge in [0.05, 0.1) is 6.63 Å². The molecule has 0 amide bonds. The predicted octanol–water partition coefficient (Wildman–Crippen LogP) is 3.61. The van der Waals surface area contributed by atoms with Crippen molar-refractivity contribution in [1.82, 2.24) is 0 Å². The number of hydrogen-bond acceptors (Lipinski definition) is 0. The lowest BCUT2D eigenvalue weighted by atomic mass is 11.0. The second-order valence-corrected chi connectivity index (χ2v) is 9.32. The molecule has 0 spiro atoms. The van der Waals surface area contributed by atoms with Crippen molar-refractivity contribution < 1.29 is 11.2 Å². The summed E-state index contributed by atoms with van der Waals surface area (Å²) in [4.78, 5) is 0. The van der Waals surface area contributed by atoms with Crippen LogP contribution in [-0.2, 0) is 0 Å². The maximum absolute atomic E-state index is 5.49. The van der Waals surface area contributed by atoms with Gasteiger partial charge in [0.2, 0.25) is 0 Å². The molecule has 0 radical (unpaired) electrons. The second kappa shape index (κ2) is 5.78. The summed E-state index contributed by atoms with van der Waals surface area (Å²) in [7, 11) is 0. The van der Waals surface area contributed by atoms with Gasteiger partial charge in [-0.3, -0.25) is 0 Å². The van der Waals surface area contributed by atoms with Crippen LogP contribution in [0.1, 0.15) is 0 Å². The summed E-state index contributed by atoms with van der Waals surface area (Å²) >= 11 is 21.1. The molecule has 0 aromatic rings. The molecule has 0 nitrogen and oxygen atoms in total. The molecule has 0 aliphatic carbocycles. The van der Waals surface area contributed by atoms with E-state index in [1.165, 1.54) is 0 Å². The maximum Gasteiger partial charge on any atom is 0.296 e. The van der Waals surface area contributed by atoms with Gasteiger partial charge in [-0.1, -0.05) is 22.5 Å². The maximum atomic E-state index is 5.49. The highest BCUT2D eigenvalue weighted by Gasteiger charge is 2.11. The molecule has 0 saturated carbocycles. The topological polar surface area (TPSA) is 0 Å². The summed E-state index contributed by atoms with van der Waals surface area (Å²) in [6.45, 7) is -1.55. The van der Waals surface area contributed by atoms with Crippen LogP contribution in [0.2, 0.25) is 0 Å². The van der Waals surface area contributed by atoms with Crippen molar-refractivity contribution in [3.8, 4) is 0 Å². The molecule has 50 valence electrons. The minimum Gasteiger partial charge on any atom is -0.0781 e. The molecule has 8 heavy (non-hydrogen) atoms. The van der Waals surface area contributed by atoms with Crippen molar-refractivity contribution >= 4 is 47.0 Å². The van der Waals surface area contributed by atoms with Crippen LogP contribution in [-0.4, -0.2) is 12.3 Å². The third-order valence-electron chi connectivity index (χ3n) is 0.445. The van der Waals surface area contributed by atoms with Crippen LogP contribution in [0.5, 0.6) is 0 Å². The fraction of sp³-hybridized carbons (Fsp3) is 1.00. The van der Waals surface area contributed by atoms with Gasteiger partial charge in [0.1, 0.15) is 11.2 Å². The summed E-state index contributed by atoms with van der Waals surface area (Å²) in [5.74, 6) is 0. The van der Waals surface area contributed by atoms with Crippen LogP contribution in [0.3, 0.4) is 0 Å². The minimum atomic E-state index is -0.823. The van der Waals surface area contributed by atoms with Crippen LogP contribution in [0.15, 0.2) is 0 Å². The lowest BCUT2D eigenvalue weighted by Gasteiger charge is -1.93. The van der Waals surface area contributed by atoms with Crippen molar-refractivity contribution in [2.75, 3.05) is 12.3 Å². The molecule has 0 N–H and O–H groups in total. The van der Waals surface area contributed by atoms with E-state index in [-0.39, 0.29) is 0 Å². The lowest BCUT2D eigenvalue weighted by Crippen LogP contribution is -1.78. The van der Waals surface area contributed by atoms with Gasteiger partial charge in [0.15, 0.2) is 0 Å². The zero-order chi connectivity index (χ0) is 6.57. The highest BCUT2D eigenvalue weighted by atomic mass is 35.9. The Morgan fingerprint density at radius 2 is 1.62 bits per heavy atom. The van der Waals surface area contributed by atoms with E-state index in [4.69, 9.17) is 45.0 Å². The molecular formula is C2H5Cl4P2+. The SMILES string of the molecule is ClP(Cl)CCP(Cl)[ClH+]. The quantitative estimate of drug-likeness (QED) is 0.653. The largest absolute Gasteiger partial charge is 0.296 e. The molecule has 1 unspecified atom stereocenters. The van der Waals surface area contributed by atoms with E-state index >= 15 is 0 Å². The molecule has 0 fully saturated rings. The monoisotopic (exact) mass is 231 g/mol. The molecule has 0 aliphatic rings. The smallest absolute Gasteiger partial charge is 0.0781 e. The van der Waals surface area contributed by atoms with Gasteiger partial charge in [0, 0.05) is 12.3 Å². The van der Waals surface area contributed by atoms with Crippen molar-refractivity contribution in [1.29, 1.82) is 0 Å². The first-order valence-corrected chi connectivity index (χ1v) is 8.60. The van der Waals surface area contributed by atoms with Gasteiger partial charge >= 0.3 is 0 Å². The average molecular weight is 233 g/mol. The minimum absolute atomic E-state index is 0.730. The van der Waals surface area contributed by atoms with Crippen LogP contribution < -0.4 is 0 Å². The van der Waals surface area contributed by atoms with Crippen molar-refractivity contribution in [3.05, 3.63) is 0 Å². The highest BCUT2D eigenvalue weighted by molar-refractivity contribution is 8.04. The molecule has 0 aliphatic heterocycles. The Labute approximate surface area is 70.5 Å². The standard InChI is InChI=1S/C2H5Cl4P2/c3-7(4)1-2-8(5)6/h3H,1-2H2/q+1. The molecule has 0 saturated heterocycles. The predicted molar refractivity (Wildman–Crippen MR) is 42.5 cm³/mol. The average Bonchev–Trinajstić information content (AvgIpc) is 1.61. The normalized spacial score (nSPS) is 14.6. The van der Waals surface area contributed by atoms with Crippen molar-refractivity contribution in [2.45, 2.75) is 0 Å². The first-order valence-electron chi connectivity index (χ1n) is 1.82. The first-order chi connectivity index (χ1) is 3.63. The Bertz CT molecular complexity index is 48.0. The van der Waals surface area contributed by atoms with Gasteiger partial charge in [-0.2, -0.15) is 0 Å². The Morgan fingerprint density at radius 3 is 1.75 bits per heavy atom. The number of rotatable bonds is 3. The summed E-state index contributed by atoms with van der Waals surface area (Å²) in [6, 6.07) is 0. The van der Waals surface area contributed by atoms with Crippen LogP contribution in [0.25, 0.3) is 0 Å². The van der Waals surface area contributed by atoms with Crippen molar-refractivity contribution in [2.24, 2.45) is 0 Å². The fourth-order valence-electron chi connectivity index (χ4n) is 0.154. The highest BCUT2D eigenvalue weighted by Crippen LogP contribution is 2.50. The molecule has 0 aromatic carbocycles. The summed E-state index contributed by atoms with van der Waals surface area (Å²) in [6.07, 6.45) is 1.57. The third-order valence-corrected chi connectivity index (χ3v) is 4.00. The van der Waals surface area contributed by atoms with E-state index in [1.807, 2.05) is 0 Å².